The van der Waals surface area contributed by atoms with E-state index in [1.807, 2.05) is 42.7 Å². The summed E-state index contributed by atoms with van der Waals surface area (Å²) in [5.41, 5.74) is 3.23. The van der Waals surface area contributed by atoms with E-state index in [0.29, 0.717) is 15.0 Å². The highest BCUT2D eigenvalue weighted by Crippen LogP contribution is 2.31. The van der Waals surface area contributed by atoms with E-state index in [4.69, 9.17) is 16.3 Å². The largest absolute Gasteiger partial charge is 0.465 e. The average Bonchev–Trinajstić information content (AvgIpc) is 3.19. The number of benzene rings is 1. The molecule has 0 saturated heterocycles. The third-order valence-corrected chi connectivity index (χ3v) is 6.81. The highest BCUT2D eigenvalue weighted by atomic mass is 35.5. The maximum atomic E-state index is 12.8. The maximum Gasteiger partial charge on any atom is 0.329 e. The highest BCUT2D eigenvalue weighted by molar-refractivity contribution is 8.40. The van der Waals surface area contributed by atoms with Crippen LogP contribution in [0.1, 0.15) is 28.7 Å². The molecular formula is C20H19ClN2O4S2. The minimum absolute atomic E-state index is 0.0771. The third-order valence-electron chi connectivity index (χ3n) is 4.27. The zero-order valence-corrected chi connectivity index (χ0v) is 18.5. The molecule has 29 heavy (non-hydrogen) atoms. The van der Waals surface area contributed by atoms with Crippen LogP contribution in [-0.2, 0) is 14.3 Å². The number of nitrogens with zero attached hydrogens (tertiary/aromatic N) is 2. The molecule has 6 nitrogen and oxygen atoms in total. The number of aromatic nitrogens is 1. The van der Waals surface area contributed by atoms with E-state index in [0.717, 1.165) is 40.6 Å². The second-order valence-electron chi connectivity index (χ2n) is 6.28. The van der Waals surface area contributed by atoms with Crippen LogP contribution in [0.4, 0.5) is 0 Å². The number of aliphatic imine (C=N–C) groups is 1. The van der Waals surface area contributed by atoms with E-state index in [1.54, 1.807) is 13.0 Å². The van der Waals surface area contributed by atoms with Crippen molar-refractivity contribution < 1.29 is 19.1 Å². The summed E-state index contributed by atoms with van der Waals surface area (Å²) in [5, 5.41) is -0.351. The predicted octanol–water partition coefficient (Wildman–Crippen LogP) is 4.22. The van der Waals surface area contributed by atoms with Gasteiger partial charge < -0.3 is 9.30 Å². The molecule has 9 heteroatoms. The fourth-order valence-electron chi connectivity index (χ4n) is 3.02. The number of Topliss-reactive ketones (excluding diaryl/α,β-unsaturated/α-hetero) is 1. The molecule has 0 fully saturated rings. The van der Waals surface area contributed by atoms with Gasteiger partial charge in [0.15, 0.2) is 11.0 Å². The molecular weight excluding hydrogens is 432 g/mol. The first-order valence-electron chi connectivity index (χ1n) is 8.88. The molecule has 152 valence electrons. The molecule has 0 aliphatic carbocycles. The van der Waals surface area contributed by atoms with Crippen molar-refractivity contribution in [1.29, 1.82) is 0 Å². The lowest BCUT2D eigenvalue weighted by atomic mass is 10.2. The van der Waals surface area contributed by atoms with E-state index in [1.165, 1.54) is 0 Å². The molecule has 2 heterocycles. The number of aryl methyl sites for hydroxylation is 1. The number of halogens is 1. The normalized spacial score (nSPS) is 16.1. The smallest absolute Gasteiger partial charge is 0.329 e. The Bertz CT molecular complexity index is 1020. The van der Waals surface area contributed by atoms with Crippen LogP contribution in [0.15, 0.2) is 35.3 Å². The SMILES string of the molecule is CCOC(=O)C1SC(SCC(=O)c2cc(C)n(-c3cccc(Cl)c3)c2C)=NC1=O. The van der Waals surface area contributed by atoms with E-state index < -0.39 is 17.1 Å². The Balaban J connectivity index is 1.70. The van der Waals surface area contributed by atoms with Gasteiger partial charge in [-0.05, 0) is 45.0 Å². The molecule has 0 spiro atoms. The summed E-state index contributed by atoms with van der Waals surface area (Å²) in [7, 11) is 0. The lowest BCUT2D eigenvalue weighted by Gasteiger charge is -2.10. The lowest BCUT2D eigenvalue weighted by molar-refractivity contribution is -0.144. The number of amides is 1. The Morgan fingerprint density at radius 1 is 1.31 bits per heavy atom. The topological polar surface area (TPSA) is 77.7 Å². The summed E-state index contributed by atoms with van der Waals surface area (Å²) in [4.78, 5) is 40.3. The van der Waals surface area contributed by atoms with Crippen LogP contribution in [0, 0.1) is 13.8 Å². The molecule has 0 saturated carbocycles. The van der Waals surface area contributed by atoms with Crippen LogP contribution in [0.25, 0.3) is 5.69 Å². The highest BCUT2D eigenvalue weighted by Gasteiger charge is 2.36. The Kier molecular flexibility index (Phi) is 6.87. The lowest BCUT2D eigenvalue weighted by Crippen LogP contribution is -2.24. The predicted molar refractivity (Wildman–Crippen MR) is 117 cm³/mol. The van der Waals surface area contributed by atoms with Crippen molar-refractivity contribution in [1.82, 2.24) is 4.57 Å². The van der Waals surface area contributed by atoms with E-state index in [-0.39, 0.29) is 18.1 Å². The number of hydrogen-bond donors (Lipinski definition) is 0. The van der Waals surface area contributed by atoms with Crippen molar-refractivity contribution in [3.8, 4) is 5.69 Å². The van der Waals surface area contributed by atoms with Crippen LogP contribution in [0.2, 0.25) is 5.02 Å². The average molecular weight is 451 g/mol. The first-order chi connectivity index (χ1) is 13.8. The maximum absolute atomic E-state index is 12.8. The third kappa shape index (κ3) is 4.76. The van der Waals surface area contributed by atoms with Gasteiger partial charge in [-0.25, -0.2) is 0 Å². The number of ether oxygens (including phenoxy) is 1. The Labute approximate surface area is 182 Å². The van der Waals surface area contributed by atoms with Gasteiger partial charge >= 0.3 is 5.97 Å². The molecule has 1 aliphatic rings. The standard InChI is InChI=1S/C20H19ClN2O4S2/c1-4-27-19(26)17-18(25)22-20(29-17)28-10-16(24)15-8-11(2)23(12(15)3)14-7-5-6-13(21)9-14/h5-9,17H,4,10H2,1-3H3. The van der Waals surface area contributed by atoms with Gasteiger partial charge in [-0.15, -0.1) is 0 Å². The molecule has 0 N–H and O–H groups in total. The Hall–Kier alpha value is -2.03. The van der Waals surface area contributed by atoms with E-state index >= 15 is 0 Å². The van der Waals surface area contributed by atoms with E-state index in [2.05, 4.69) is 4.99 Å². The zero-order valence-electron chi connectivity index (χ0n) is 16.1. The van der Waals surface area contributed by atoms with Crippen LogP contribution in [0.3, 0.4) is 0 Å². The quantitative estimate of drug-likeness (QED) is 0.372. The Morgan fingerprint density at radius 3 is 2.76 bits per heavy atom. The van der Waals surface area contributed by atoms with Gasteiger partial charge in [0.05, 0.1) is 12.4 Å². The molecule has 1 aromatic heterocycles. The summed E-state index contributed by atoms with van der Waals surface area (Å²) < 4.78 is 7.26. The van der Waals surface area contributed by atoms with Gasteiger partial charge in [0.2, 0.25) is 0 Å². The van der Waals surface area contributed by atoms with Crippen molar-refractivity contribution in [2.75, 3.05) is 12.4 Å². The van der Waals surface area contributed by atoms with E-state index in [9.17, 15) is 14.4 Å². The van der Waals surface area contributed by atoms with Crippen LogP contribution >= 0.6 is 35.1 Å². The summed E-state index contributed by atoms with van der Waals surface area (Å²) >= 11 is 8.29. The number of carbonyl (C=O) groups excluding carboxylic acids is 3. The van der Waals surface area contributed by atoms with Crippen molar-refractivity contribution in [2.45, 2.75) is 26.0 Å². The van der Waals surface area contributed by atoms with Gasteiger partial charge in [0.1, 0.15) is 4.38 Å². The first kappa shape index (κ1) is 21.7. The number of esters is 1. The number of thioether (sulfide) groups is 2. The number of hydrogen-bond acceptors (Lipinski definition) is 6. The van der Waals surface area contributed by atoms with Crippen LogP contribution < -0.4 is 0 Å². The van der Waals surface area contributed by atoms with Crippen molar-refractivity contribution in [3.63, 3.8) is 0 Å². The zero-order chi connectivity index (χ0) is 21.1. The minimum Gasteiger partial charge on any atom is -0.465 e. The van der Waals surface area contributed by atoms with Crippen LogP contribution in [-0.4, -0.2) is 44.2 Å². The molecule has 1 aromatic carbocycles. The molecule has 0 bridgehead atoms. The number of ketones is 1. The van der Waals surface area contributed by atoms with Gasteiger partial charge in [-0.3, -0.25) is 14.4 Å². The van der Waals surface area contributed by atoms with Crippen LogP contribution in [0.5, 0.6) is 0 Å². The second-order valence-corrected chi connectivity index (χ2v) is 9.03. The molecule has 1 amide bonds. The minimum atomic E-state index is -0.972. The van der Waals surface area contributed by atoms with Gasteiger partial charge in [0.25, 0.3) is 5.91 Å². The van der Waals surface area contributed by atoms with Gasteiger partial charge in [-0.2, -0.15) is 4.99 Å². The summed E-state index contributed by atoms with van der Waals surface area (Å²) in [6, 6.07) is 9.28. The summed E-state index contributed by atoms with van der Waals surface area (Å²) in [6.07, 6.45) is 0. The molecule has 1 unspecified atom stereocenters. The monoisotopic (exact) mass is 450 g/mol. The van der Waals surface area contributed by atoms with Crippen molar-refractivity contribution in [2.24, 2.45) is 4.99 Å². The fraction of sp³-hybridized carbons (Fsp3) is 0.300. The molecule has 0 radical (unpaired) electrons. The number of rotatable bonds is 6. The van der Waals surface area contributed by atoms with Gasteiger partial charge in [0, 0.05) is 27.7 Å². The molecule has 1 aliphatic heterocycles. The van der Waals surface area contributed by atoms with Gasteiger partial charge in [-0.1, -0.05) is 41.2 Å². The molecule has 3 rings (SSSR count). The second kappa shape index (κ2) is 9.19. The molecule has 1 atom stereocenters. The van der Waals surface area contributed by atoms with Crippen molar-refractivity contribution >= 4 is 57.2 Å². The molecule has 2 aromatic rings. The fourth-order valence-corrected chi connectivity index (χ4v) is 5.17. The first-order valence-corrected chi connectivity index (χ1v) is 11.1. The number of carbonyl (C=O) groups is 3. The van der Waals surface area contributed by atoms with Crippen molar-refractivity contribution in [3.05, 3.63) is 52.3 Å². The summed E-state index contributed by atoms with van der Waals surface area (Å²) in [6.45, 7) is 5.69. The summed E-state index contributed by atoms with van der Waals surface area (Å²) in [5.74, 6) is -1.10. The Morgan fingerprint density at radius 2 is 2.07 bits per heavy atom.